The number of nitrogens with zero attached hydrogens (tertiary/aromatic N) is 2. The van der Waals surface area contributed by atoms with E-state index in [1.54, 1.807) is 35.2 Å². The molecule has 1 saturated heterocycles. The Bertz CT molecular complexity index is 1290. The van der Waals surface area contributed by atoms with Gasteiger partial charge in [-0.1, -0.05) is 24.3 Å². The number of ether oxygens (including phenoxy) is 1. The smallest absolute Gasteiger partial charge is 0.268 e. The quantitative estimate of drug-likeness (QED) is 0.535. The Balaban J connectivity index is 1.65. The van der Waals surface area contributed by atoms with Gasteiger partial charge in [0, 0.05) is 29.0 Å². The topological polar surface area (TPSA) is 49.9 Å². The van der Waals surface area contributed by atoms with Crippen LogP contribution < -0.4 is 9.64 Å². The predicted molar refractivity (Wildman–Crippen MR) is 127 cm³/mol. The summed E-state index contributed by atoms with van der Waals surface area (Å²) in [6, 6.07) is 16.0. The second kappa shape index (κ2) is 8.43. The largest absolute Gasteiger partial charge is 0.497 e. The van der Waals surface area contributed by atoms with Gasteiger partial charge in [0.2, 0.25) is 0 Å². The first kappa shape index (κ1) is 22.4. The van der Waals surface area contributed by atoms with Crippen molar-refractivity contribution in [1.82, 2.24) is 4.90 Å². The van der Waals surface area contributed by atoms with Gasteiger partial charge in [-0.3, -0.25) is 9.59 Å². The van der Waals surface area contributed by atoms with Crippen LogP contribution >= 0.6 is 11.8 Å². The lowest BCUT2D eigenvalue weighted by atomic mass is 10.0. The average Bonchev–Trinajstić information content (AvgIpc) is 3.37. The monoisotopic (exact) mass is 480 g/mol. The number of hydrogen-bond donors (Lipinski definition) is 0. The molecule has 0 N–H and O–H groups in total. The van der Waals surface area contributed by atoms with Crippen LogP contribution in [0.2, 0.25) is 0 Å². The van der Waals surface area contributed by atoms with Gasteiger partial charge in [0.05, 0.1) is 19.3 Å². The van der Waals surface area contributed by atoms with Crippen LogP contribution in [0.4, 0.5) is 14.5 Å². The summed E-state index contributed by atoms with van der Waals surface area (Å²) < 4.78 is 34.4. The Labute approximate surface area is 200 Å². The maximum atomic E-state index is 14.5. The first-order valence-electron chi connectivity index (χ1n) is 10.8. The van der Waals surface area contributed by atoms with E-state index in [4.69, 9.17) is 4.74 Å². The van der Waals surface area contributed by atoms with Crippen molar-refractivity contribution in [3.05, 3.63) is 94.6 Å². The molecular formula is C26H22F2N2O3S. The van der Waals surface area contributed by atoms with E-state index in [1.165, 1.54) is 42.0 Å². The van der Waals surface area contributed by atoms with Crippen LogP contribution in [0.15, 0.2) is 60.7 Å². The van der Waals surface area contributed by atoms with Crippen molar-refractivity contribution in [1.29, 1.82) is 0 Å². The third-order valence-corrected chi connectivity index (χ3v) is 7.82. The van der Waals surface area contributed by atoms with E-state index in [9.17, 15) is 18.4 Å². The molecule has 1 fully saturated rings. The summed E-state index contributed by atoms with van der Waals surface area (Å²) >= 11 is 1.35. The summed E-state index contributed by atoms with van der Waals surface area (Å²) in [4.78, 5) is 29.4. The number of halogens is 2. The number of benzene rings is 3. The molecule has 1 unspecified atom stereocenters. The molecule has 0 radical (unpaired) electrons. The van der Waals surface area contributed by atoms with Gasteiger partial charge < -0.3 is 14.5 Å². The Hall–Kier alpha value is -3.39. The van der Waals surface area contributed by atoms with Crippen molar-refractivity contribution in [2.45, 2.75) is 18.3 Å². The number of carbonyl (C=O) groups excluding carboxylic acids is 2. The van der Waals surface area contributed by atoms with Crippen LogP contribution in [0.25, 0.3) is 0 Å². The summed E-state index contributed by atoms with van der Waals surface area (Å²) in [6.45, 7) is 1.93. The lowest BCUT2D eigenvalue weighted by Gasteiger charge is -2.33. The molecule has 174 valence electrons. The number of hydrogen-bond acceptors (Lipinski definition) is 4. The summed E-state index contributed by atoms with van der Waals surface area (Å²) in [5, 5.41) is 0. The Morgan fingerprint density at radius 3 is 2.53 bits per heavy atom. The van der Waals surface area contributed by atoms with Crippen molar-refractivity contribution >= 4 is 29.3 Å². The van der Waals surface area contributed by atoms with Gasteiger partial charge in [-0.15, -0.1) is 11.8 Å². The molecule has 1 spiro atoms. The third kappa shape index (κ3) is 3.27. The standard InChI is InChI=1S/C26H22F2N2O3S/c1-16-6-3-4-7-18(16)24(31)30-12-13-34-26(30)20-14-17(33-2)10-11-23(20)29(25(26)32)15-19-21(27)8-5-9-22(19)28/h3-11,14H,12-13,15H2,1-2H3. The first-order valence-corrected chi connectivity index (χ1v) is 11.8. The summed E-state index contributed by atoms with van der Waals surface area (Å²) in [6.07, 6.45) is 0. The van der Waals surface area contributed by atoms with Gasteiger partial charge in [0.25, 0.3) is 11.8 Å². The Morgan fingerprint density at radius 2 is 1.82 bits per heavy atom. The van der Waals surface area contributed by atoms with Crippen LogP contribution in [0.1, 0.15) is 27.0 Å². The van der Waals surface area contributed by atoms with E-state index < -0.39 is 22.4 Å². The second-order valence-corrected chi connectivity index (χ2v) is 9.53. The van der Waals surface area contributed by atoms with E-state index in [0.717, 1.165) is 5.56 Å². The Morgan fingerprint density at radius 1 is 1.09 bits per heavy atom. The van der Waals surface area contributed by atoms with Crippen molar-refractivity contribution in [2.75, 3.05) is 24.3 Å². The van der Waals surface area contributed by atoms with Crippen LogP contribution in [0.3, 0.4) is 0 Å². The minimum Gasteiger partial charge on any atom is -0.497 e. The number of carbonyl (C=O) groups is 2. The minimum absolute atomic E-state index is 0.200. The zero-order valence-corrected chi connectivity index (χ0v) is 19.5. The highest BCUT2D eigenvalue weighted by atomic mass is 32.2. The molecule has 3 aromatic carbocycles. The maximum Gasteiger partial charge on any atom is 0.268 e. The summed E-state index contributed by atoms with van der Waals surface area (Å²) in [7, 11) is 1.52. The van der Waals surface area contributed by atoms with Crippen LogP contribution in [-0.4, -0.2) is 36.1 Å². The number of rotatable bonds is 4. The van der Waals surface area contributed by atoms with E-state index >= 15 is 0 Å². The normalized spacial score (nSPS) is 19.1. The highest BCUT2D eigenvalue weighted by Crippen LogP contribution is 2.55. The number of methoxy groups -OCH3 is 1. The van der Waals surface area contributed by atoms with Crippen molar-refractivity contribution in [3.8, 4) is 5.75 Å². The molecule has 8 heteroatoms. The fraction of sp³-hybridized carbons (Fsp3) is 0.231. The van der Waals surface area contributed by atoms with Crippen molar-refractivity contribution < 1.29 is 23.1 Å². The summed E-state index contributed by atoms with van der Waals surface area (Å²) in [5.74, 6) is -1.04. The lowest BCUT2D eigenvalue weighted by Crippen LogP contribution is -2.50. The van der Waals surface area contributed by atoms with Gasteiger partial charge in [-0.05, 0) is 48.9 Å². The molecule has 2 amide bonds. The third-order valence-electron chi connectivity index (χ3n) is 6.40. The van der Waals surface area contributed by atoms with Crippen molar-refractivity contribution in [3.63, 3.8) is 0 Å². The van der Waals surface area contributed by atoms with Crippen LogP contribution in [0, 0.1) is 18.6 Å². The van der Waals surface area contributed by atoms with E-state index in [1.807, 2.05) is 19.1 Å². The number of thioether (sulfide) groups is 1. The van der Waals surface area contributed by atoms with Crippen LogP contribution in [0.5, 0.6) is 5.75 Å². The highest BCUT2D eigenvalue weighted by Gasteiger charge is 2.59. The van der Waals surface area contributed by atoms with E-state index in [0.29, 0.717) is 34.9 Å². The fourth-order valence-electron chi connectivity index (χ4n) is 4.68. The molecule has 34 heavy (non-hydrogen) atoms. The SMILES string of the molecule is COc1ccc2c(c1)C1(SCCN1C(=O)c1ccccc1C)C(=O)N2Cc1c(F)cccc1F. The molecule has 2 aliphatic heterocycles. The van der Waals surface area contributed by atoms with Gasteiger partial charge in [-0.2, -0.15) is 0 Å². The van der Waals surface area contributed by atoms with E-state index in [2.05, 4.69) is 0 Å². The molecule has 1 atom stereocenters. The maximum absolute atomic E-state index is 14.5. The van der Waals surface area contributed by atoms with Gasteiger partial charge in [-0.25, -0.2) is 8.78 Å². The molecule has 5 rings (SSSR count). The van der Waals surface area contributed by atoms with Crippen molar-refractivity contribution in [2.24, 2.45) is 0 Å². The molecule has 3 aromatic rings. The fourth-order valence-corrected chi connectivity index (χ4v) is 6.13. The first-order chi connectivity index (χ1) is 16.4. The van der Waals surface area contributed by atoms with Gasteiger partial charge in [0.15, 0.2) is 4.87 Å². The summed E-state index contributed by atoms with van der Waals surface area (Å²) in [5.41, 5.74) is 2.21. The predicted octanol–water partition coefficient (Wildman–Crippen LogP) is 4.87. The highest BCUT2D eigenvalue weighted by molar-refractivity contribution is 8.01. The number of fused-ring (bicyclic) bond motifs is 2. The molecule has 5 nitrogen and oxygen atoms in total. The second-order valence-electron chi connectivity index (χ2n) is 8.24. The Kier molecular flexibility index (Phi) is 5.56. The zero-order chi connectivity index (χ0) is 24.0. The van der Waals surface area contributed by atoms with Gasteiger partial charge >= 0.3 is 0 Å². The van der Waals surface area contributed by atoms with Gasteiger partial charge in [0.1, 0.15) is 17.4 Å². The van der Waals surface area contributed by atoms with E-state index in [-0.39, 0.29) is 18.0 Å². The number of aryl methyl sites for hydroxylation is 1. The number of amides is 2. The molecule has 2 aliphatic rings. The minimum atomic E-state index is -1.34. The molecular weight excluding hydrogens is 458 g/mol. The number of anilines is 1. The van der Waals surface area contributed by atoms with Crippen LogP contribution in [-0.2, 0) is 16.2 Å². The molecule has 0 bridgehead atoms. The molecule has 2 heterocycles. The lowest BCUT2D eigenvalue weighted by molar-refractivity contribution is -0.123. The molecule has 0 aliphatic carbocycles. The average molecular weight is 481 g/mol. The molecule has 0 aromatic heterocycles. The molecule has 0 saturated carbocycles. The zero-order valence-electron chi connectivity index (χ0n) is 18.7.